The zero-order valence-electron chi connectivity index (χ0n) is 16.6. The molecule has 152 valence electrons. The smallest absolute Gasteiger partial charge is 0.329 e. The molecule has 2 amide bonds. The van der Waals surface area contributed by atoms with Gasteiger partial charge >= 0.3 is 5.97 Å². The van der Waals surface area contributed by atoms with Gasteiger partial charge in [0.15, 0.2) is 0 Å². The van der Waals surface area contributed by atoms with Crippen LogP contribution in [0.3, 0.4) is 0 Å². The van der Waals surface area contributed by atoms with Gasteiger partial charge in [-0.05, 0) is 81.4 Å². The Balaban J connectivity index is 1.92. The first kappa shape index (κ1) is 20.7. The molecule has 1 atom stereocenters. The zero-order valence-corrected chi connectivity index (χ0v) is 17.4. The molecular weight excluding hydrogens is 392 g/mol. The van der Waals surface area contributed by atoms with Gasteiger partial charge < -0.3 is 14.4 Å². The first-order chi connectivity index (χ1) is 13.7. The summed E-state index contributed by atoms with van der Waals surface area (Å²) in [7, 11) is 0. The molecule has 3 rings (SSSR count). The van der Waals surface area contributed by atoms with Crippen LogP contribution in [0.2, 0.25) is 0 Å². The third-order valence-corrected chi connectivity index (χ3v) is 5.59. The average molecular weight is 414 g/mol. The average Bonchev–Trinajstić information content (AvgIpc) is 3.11. The lowest BCUT2D eigenvalue weighted by molar-refractivity contribution is -0.150. The fourth-order valence-corrected chi connectivity index (χ4v) is 4.16. The van der Waals surface area contributed by atoms with Gasteiger partial charge in [-0.1, -0.05) is 0 Å². The molecule has 2 heterocycles. The van der Waals surface area contributed by atoms with Crippen molar-refractivity contribution in [3.8, 4) is 11.4 Å². The van der Waals surface area contributed by atoms with E-state index >= 15 is 0 Å². The summed E-state index contributed by atoms with van der Waals surface area (Å²) in [5.74, 6) is -0.933. The predicted molar refractivity (Wildman–Crippen MR) is 111 cm³/mol. The van der Waals surface area contributed by atoms with Crippen LogP contribution in [-0.4, -0.2) is 44.3 Å². The Kier molecular flexibility index (Phi) is 5.83. The van der Waals surface area contributed by atoms with E-state index in [-0.39, 0.29) is 17.3 Å². The second kappa shape index (κ2) is 8.16. The second-order valence-corrected chi connectivity index (χ2v) is 7.65. The monoisotopic (exact) mass is 414 g/mol. The van der Waals surface area contributed by atoms with Gasteiger partial charge in [-0.25, -0.2) is 4.79 Å². The third kappa shape index (κ3) is 3.93. The number of phenols is 1. The number of aromatic nitrogens is 1. The molecular formula is C21H22N2O5S. The maximum absolute atomic E-state index is 12.8. The zero-order chi connectivity index (χ0) is 21.3. The number of aromatic hydroxyl groups is 1. The summed E-state index contributed by atoms with van der Waals surface area (Å²) >= 11 is 0.810. The van der Waals surface area contributed by atoms with Crippen LogP contribution in [0.1, 0.15) is 30.8 Å². The van der Waals surface area contributed by atoms with E-state index in [0.717, 1.165) is 39.3 Å². The Bertz CT molecular complexity index is 1010. The Morgan fingerprint density at radius 2 is 1.90 bits per heavy atom. The molecule has 2 aromatic rings. The van der Waals surface area contributed by atoms with E-state index in [1.54, 1.807) is 37.3 Å². The van der Waals surface area contributed by atoms with Crippen LogP contribution in [0.25, 0.3) is 11.8 Å². The number of aryl methyl sites for hydroxylation is 1. The highest BCUT2D eigenvalue weighted by atomic mass is 32.2. The molecule has 1 aromatic carbocycles. The number of carbonyl (C=O) groups excluding carboxylic acids is 3. The summed E-state index contributed by atoms with van der Waals surface area (Å²) in [4.78, 5) is 38.2. The fourth-order valence-electron chi connectivity index (χ4n) is 3.26. The molecule has 1 fully saturated rings. The second-order valence-electron chi connectivity index (χ2n) is 6.66. The highest BCUT2D eigenvalue weighted by Crippen LogP contribution is 2.35. The van der Waals surface area contributed by atoms with Gasteiger partial charge in [-0.2, -0.15) is 0 Å². The van der Waals surface area contributed by atoms with Crippen LogP contribution in [0.5, 0.6) is 5.75 Å². The van der Waals surface area contributed by atoms with Crippen LogP contribution in [0.4, 0.5) is 4.79 Å². The van der Waals surface area contributed by atoms with Crippen LogP contribution in [0, 0.1) is 13.8 Å². The van der Waals surface area contributed by atoms with E-state index in [1.165, 1.54) is 6.92 Å². The molecule has 0 aliphatic carbocycles. The molecule has 7 nitrogen and oxygen atoms in total. The van der Waals surface area contributed by atoms with Gasteiger partial charge in [0.1, 0.15) is 11.8 Å². The molecule has 8 heteroatoms. The number of rotatable bonds is 5. The van der Waals surface area contributed by atoms with E-state index in [0.29, 0.717) is 0 Å². The van der Waals surface area contributed by atoms with E-state index in [2.05, 4.69) is 0 Å². The number of hydrogen-bond acceptors (Lipinski definition) is 6. The normalized spacial score (nSPS) is 16.6. The molecule has 0 unspecified atom stereocenters. The van der Waals surface area contributed by atoms with Crippen molar-refractivity contribution in [3.63, 3.8) is 0 Å². The number of thioether (sulfide) groups is 1. The lowest BCUT2D eigenvalue weighted by Gasteiger charge is -2.19. The molecule has 1 saturated heterocycles. The minimum atomic E-state index is -0.974. The number of carbonyl (C=O) groups is 3. The highest BCUT2D eigenvalue weighted by Gasteiger charge is 2.41. The van der Waals surface area contributed by atoms with Crippen LogP contribution in [-0.2, 0) is 14.3 Å². The number of benzene rings is 1. The Morgan fingerprint density at radius 3 is 2.52 bits per heavy atom. The van der Waals surface area contributed by atoms with Gasteiger partial charge in [0.25, 0.3) is 11.1 Å². The van der Waals surface area contributed by atoms with Crippen molar-refractivity contribution < 1.29 is 24.2 Å². The van der Waals surface area contributed by atoms with E-state index in [1.807, 2.05) is 24.5 Å². The number of amides is 2. The predicted octanol–water partition coefficient (Wildman–Crippen LogP) is 3.79. The number of imide groups is 1. The summed E-state index contributed by atoms with van der Waals surface area (Å²) in [5, 5.41) is 9.01. The van der Waals surface area contributed by atoms with Gasteiger partial charge in [0.05, 0.1) is 11.5 Å². The highest BCUT2D eigenvalue weighted by molar-refractivity contribution is 8.18. The molecule has 29 heavy (non-hydrogen) atoms. The summed E-state index contributed by atoms with van der Waals surface area (Å²) in [6.45, 7) is 7.18. The van der Waals surface area contributed by atoms with Crippen LogP contribution < -0.4 is 0 Å². The SMILES string of the molecule is CCOC(=O)[C@@H](C)N1C(=O)S/C(=C/c2cc(C)n(-c3ccc(O)cc3)c2C)C1=O. The van der Waals surface area contributed by atoms with Crippen molar-refractivity contribution in [2.45, 2.75) is 33.7 Å². The number of nitrogens with zero attached hydrogens (tertiary/aromatic N) is 2. The summed E-state index contributed by atoms with van der Waals surface area (Å²) < 4.78 is 6.92. The molecule has 1 aromatic heterocycles. The quantitative estimate of drug-likeness (QED) is 0.592. The fraction of sp³-hybridized carbons (Fsp3) is 0.286. The molecule has 0 bridgehead atoms. The Labute approximate surface area is 173 Å². The lowest BCUT2D eigenvalue weighted by Crippen LogP contribution is -2.42. The van der Waals surface area contributed by atoms with Crippen molar-refractivity contribution in [3.05, 3.63) is 52.2 Å². The number of ether oxygens (including phenoxy) is 1. The molecule has 1 N–H and O–H groups in total. The molecule has 0 saturated carbocycles. The Morgan fingerprint density at radius 1 is 1.24 bits per heavy atom. The topological polar surface area (TPSA) is 88.8 Å². The maximum Gasteiger partial charge on any atom is 0.329 e. The molecule has 0 spiro atoms. The van der Waals surface area contributed by atoms with Gasteiger partial charge in [-0.3, -0.25) is 14.5 Å². The van der Waals surface area contributed by atoms with Crippen molar-refractivity contribution >= 4 is 35.0 Å². The number of esters is 1. The molecule has 1 aliphatic rings. The van der Waals surface area contributed by atoms with Crippen molar-refractivity contribution in [2.75, 3.05) is 6.61 Å². The van der Waals surface area contributed by atoms with Crippen molar-refractivity contribution in [2.24, 2.45) is 0 Å². The first-order valence-electron chi connectivity index (χ1n) is 9.16. The summed E-state index contributed by atoms with van der Waals surface area (Å²) in [6, 6.07) is 7.76. The van der Waals surface area contributed by atoms with Crippen molar-refractivity contribution in [1.82, 2.24) is 9.47 Å². The van der Waals surface area contributed by atoms with Gasteiger partial charge in [-0.15, -0.1) is 0 Å². The van der Waals surface area contributed by atoms with Crippen LogP contribution in [0.15, 0.2) is 35.2 Å². The number of hydrogen-bond donors (Lipinski definition) is 1. The summed E-state index contributed by atoms with van der Waals surface area (Å²) in [6.07, 6.45) is 1.67. The number of phenolic OH excluding ortho intramolecular Hbond substituents is 1. The minimum absolute atomic E-state index is 0.179. The Hall–Kier alpha value is -3.00. The molecule has 1 aliphatic heterocycles. The standard InChI is InChI=1S/C21H22N2O5S/c1-5-28-20(26)14(4)23-19(25)18(29-21(23)27)11-15-10-12(2)22(13(15)3)16-6-8-17(24)9-7-16/h6-11,14,24H,5H2,1-4H3/b18-11+/t14-/m1/s1. The maximum atomic E-state index is 12.8. The van der Waals surface area contributed by atoms with Gasteiger partial charge in [0.2, 0.25) is 0 Å². The van der Waals surface area contributed by atoms with E-state index in [9.17, 15) is 19.5 Å². The first-order valence-corrected chi connectivity index (χ1v) is 9.98. The lowest BCUT2D eigenvalue weighted by atomic mass is 10.2. The minimum Gasteiger partial charge on any atom is -0.508 e. The van der Waals surface area contributed by atoms with E-state index < -0.39 is 23.2 Å². The van der Waals surface area contributed by atoms with Gasteiger partial charge in [0, 0.05) is 17.1 Å². The van der Waals surface area contributed by atoms with Crippen molar-refractivity contribution in [1.29, 1.82) is 0 Å². The third-order valence-electron chi connectivity index (χ3n) is 4.70. The summed E-state index contributed by atoms with van der Waals surface area (Å²) in [5.41, 5.74) is 3.50. The molecule has 0 radical (unpaired) electrons. The van der Waals surface area contributed by atoms with E-state index in [4.69, 9.17) is 4.74 Å². The largest absolute Gasteiger partial charge is 0.508 e. The van der Waals surface area contributed by atoms with Crippen LogP contribution >= 0.6 is 11.8 Å².